The van der Waals surface area contributed by atoms with Gasteiger partial charge in [0.2, 0.25) is 5.89 Å². The van der Waals surface area contributed by atoms with Gasteiger partial charge in [0, 0.05) is 22.9 Å². The lowest BCUT2D eigenvalue weighted by atomic mass is 9.94. The van der Waals surface area contributed by atoms with E-state index < -0.39 is 0 Å². The third kappa shape index (κ3) is 4.98. The van der Waals surface area contributed by atoms with Crippen LogP contribution in [0.2, 0.25) is 0 Å². The minimum Gasteiger partial charge on any atom is -0.443 e. The van der Waals surface area contributed by atoms with Crippen LogP contribution in [0.15, 0.2) is 45.9 Å². The van der Waals surface area contributed by atoms with E-state index in [2.05, 4.69) is 53.5 Å². The Morgan fingerprint density at radius 3 is 2.50 bits per heavy atom. The summed E-state index contributed by atoms with van der Waals surface area (Å²) in [5.74, 6) is 2.22. The van der Waals surface area contributed by atoms with Gasteiger partial charge in [0.05, 0.1) is 25.0 Å². The Bertz CT molecular complexity index is 937. The van der Waals surface area contributed by atoms with Crippen molar-refractivity contribution in [3.05, 3.63) is 58.8 Å². The highest BCUT2D eigenvalue weighted by Gasteiger charge is 2.19. The largest absolute Gasteiger partial charge is 0.443 e. The molecule has 0 atom stereocenters. The fourth-order valence-electron chi connectivity index (χ4n) is 2.58. The number of aryl methyl sites for hydroxylation is 1. The predicted octanol–water partition coefficient (Wildman–Crippen LogP) is 4.27. The summed E-state index contributed by atoms with van der Waals surface area (Å²) in [4.78, 5) is 14.5. The second kappa shape index (κ2) is 8.56. The van der Waals surface area contributed by atoms with Crippen molar-refractivity contribution < 1.29 is 4.42 Å². The maximum absolute atomic E-state index is 5.81. The van der Waals surface area contributed by atoms with Crippen LogP contribution in [0, 0.1) is 6.92 Å². The number of nitrogens with one attached hydrogen (secondary N) is 2. The maximum atomic E-state index is 5.81. The molecule has 2 heterocycles. The molecule has 0 saturated carbocycles. The van der Waals surface area contributed by atoms with Crippen molar-refractivity contribution in [1.82, 2.24) is 20.6 Å². The van der Waals surface area contributed by atoms with Gasteiger partial charge in [-0.25, -0.2) is 9.97 Å². The summed E-state index contributed by atoms with van der Waals surface area (Å²) >= 11 is 1.70. The van der Waals surface area contributed by atoms with Crippen LogP contribution in [0.3, 0.4) is 0 Å². The third-order valence-corrected chi connectivity index (χ3v) is 5.46. The van der Waals surface area contributed by atoms with Crippen LogP contribution in [-0.4, -0.2) is 23.0 Å². The molecule has 0 radical (unpaired) electrons. The summed E-state index contributed by atoms with van der Waals surface area (Å²) < 4.78 is 5.81. The number of hydrogen-bond acceptors (Lipinski definition) is 5. The standard InChI is InChI=1S/C21H27N5OS/c1-14-16(28-19(26-14)15-9-7-6-8-10-15)11-24-20(22-5)25-13-18-23-12-17(27-18)21(2,3)4/h6-10,12H,11,13H2,1-5H3,(H2,22,24,25). The van der Waals surface area contributed by atoms with Crippen molar-refractivity contribution in [2.24, 2.45) is 4.99 Å². The molecule has 0 unspecified atom stereocenters. The van der Waals surface area contributed by atoms with E-state index in [-0.39, 0.29) is 5.41 Å². The first-order valence-corrected chi connectivity index (χ1v) is 10.1. The molecule has 6 nitrogen and oxygen atoms in total. The zero-order valence-electron chi connectivity index (χ0n) is 17.0. The Balaban J connectivity index is 1.57. The number of hydrogen-bond donors (Lipinski definition) is 2. The van der Waals surface area contributed by atoms with E-state index in [1.165, 1.54) is 4.88 Å². The van der Waals surface area contributed by atoms with E-state index in [1.54, 1.807) is 24.6 Å². The van der Waals surface area contributed by atoms with E-state index in [4.69, 9.17) is 9.40 Å². The number of nitrogens with zero attached hydrogens (tertiary/aromatic N) is 3. The van der Waals surface area contributed by atoms with E-state index in [0.717, 1.165) is 22.0 Å². The second-order valence-corrected chi connectivity index (χ2v) is 8.62. The van der Waals surface area contributed by atoms with E-state index in [0.29, 0.717) is 24.9 Å². The predicted molar refractivity (Wildman–Crippen MR) is 115 cm³/mol. The Morgan fingerprint density at radius 1 is 1.14 bits per heavy atom. The van der Waals surface area contributed by atoms with Gasteiger partial charge in [0.1, 0.15) is 10.8 Å². The van der Waals surface area contributed by atoms with Gasteiger partial charge in [-0.2, -0.15) is 0 Å². The van der Waals surface area contributed by atoms with Crippen LogP contribution < -0.4 is 10.6 Å². The van der Waals surface area contributed by atoms with Gasteiger partial charge in [-0.15, -0.1) is 11.3 Å². The van der Waals surface area contributed by atoms with E-state index >= 15 is 0 Å². The minimum atomic E-state index is -0.0503. The first-order valence-electron chi connectivity index (χ1n) is 9.28. The maximum Gasteiger partial charge on any atom is 0.213 e. The van der Waals surface area contributed by atoms with E-state index in [1.807, 2.05) is 25.1 Å². The molecule has 2 aromatic heterocycles. The zero-order chi connectivity index (χ0) is 20.1. The van der Waals surface area contributed by atoms with Gasteiger partial charge in [0.15, 0.2) is 5.96 Å². The average molecular weight is 398 g/mol. The molecule has 0 saturated heterocycles. The molecule has 0 fully saturated rings. The quantitative estimate of drug-likeness (QED) is 0.497. The summed E-state index contributed by atoms with van der Waals surface area (Å²) in [6, 6.07) is 10.2. The van der Waals surface area contributed by atoms with Crippen LogP contribution in [-0.2, 0) is 18.5 Å². The molecule has 0 bridgehead atoms. The average Bonchev–Trinajstić information content (AvgIpc) is 3.29. The molecular formula is C21H27N5OS. The fourth-order valence-corrected chi connectivity index (χ4v) is 3.59. The molecule has 28 heavy (non-hydrogen) atoms. The van der Waals surface area contributed by atoms with E-state index in [9.17, 15) is 0 Å². The fraction of sp³-hybridized carbons (Fsp3) is 0.381. The van der Waals surface area contributed by atoms with Gasteiger partial charge < -0.3 is 15.1 Å². The van der Waals surface area contributed by atoms with Crippen molar-refractivity contribution in [2.75, 3.05) is 7.05 Å². The lowest BCUT2D eigenvalue weighted by molar-refractivity contribution is 0.379. The zero-order valence-corrected chi connectivity index (χ0v) is 17.9. The van der Waals surface area contributed by atoms with Gasteiger partial charge in [-0.3, -0.25) is 4.99 Å². The molecule has 0 spiro atoms. The molecule has 2 N–H and O–H groups in total. The van der Waals surface area contributed by atoms with Crippen LogP contribution in [0.1, 0.15) is 43.0 Å². The second-order valence-electron chi connectivity index (χ2n) is 7.54. The summed E-state index contributed by atoms with van der Waals surface area (Å²) in [6.45, 7) is 9.49. The summed E-state index contributed by atoms with van der Waals surface area (Å²) in [5.41, 5.74) is 2.13. The number of guanidine groups is 1. The lowest BCUT2D eigenvalue weighted by Crippen LogP contribution is -2.36. The molecule has 0 aliphatic heterocycles. The monoisotopic (exact) mass is 397 g/mol. The van der Waals surface area contributed by atoms with Gasteiger partial charge in [-0.05, 0) is 6.92 Å². The summed E-state index contributed by atoms with van der Waals surface area (Å²) in [6.07, 6.45) is 1.79. The number of benzene rings is 1. The Labute approximate surface area is 170 Å². The molecular weight excluding hydrogens is 370 g/mol. The number of oxazole rings is 1. The third-order valence-electron chi connectivity index (χ3n) is 4.25. The topological polar surface area (TPSA) is 75.3 Å². The van der Waals surface area contributed by atoms with Crippen LogP contribution in [0.25, 0.3) is 10.6 Å². The van der Waals surface area contributed by atoms with Crippen molar-refractivity contribution in [3.8, 4) is 10.6 Å². The number of rotatable bonds is 5. The number of aromatic nitrogens is 2. The number of aliphatic imine (C=N–C) groups is 1. The minimum absolute atomic E-state index is 0.0503. The van der Waals surface area contributed by atoms with Crippen molar-refractivity contribution in [1.29, 1.82) is 0 Å². The van der Waals surface area contributed by atoms with Crippen LogP contribution in [0.4, 0.5) is 0 Å². The molecule has 7 heteroatoms. The summed E-state index contributed by atoms with van der Waals surface area (Å²) in [5, 5.41) is 7.62. The van der Waals surface area contributed by atoms with Crippen LogP contribution >= 0.6 is 11.3 Å². The molecule has 0 aliphatic rings. The first-order chi connectivity index (χ1) is 13.4. The molecule has 3 aromatic rings. The highest BCUT2D eigenvalue weighted by molar-refractivity contribution is 7.15. The van der Waals surface area contributed by atoms with Crippen molar-refractivity contribution in [2.45, 2.75) is 46.2 Å². The molecule has 0 aliphatic carbocycles. The number of thiazole rings is 1. The first kappa shape index (κ1) is 20.1. The smallest absolute Gasteiger partial charge is 0.213 e. The highest BCUT2D eigenvalue weighted by atomic mass is 32.1. The van der Waals surface area contributed by atoms with Gasteiger partial charge >= 0.3 is 0 Å². The van der Waals surface area contributed by atoms with Crippen molar-refractivity contribution in [3.63, 3.8) is 0 Å². The lowest BCUT2D eigenvalue weighted by Gasteiger charge is -2.13. The molecule has 3 rings (SSSR count). The summed E-state index contributed by atoms with van der Waals surface area (Å²) in [7, 11) is 1.75. The highest BCUT2D eigenvalue weighted by Crippen LogP contribution is 2.27. The Kier molecular flexibility index (Phi) is 6.14. The van der Waals surface area contributed by atoms with Gasteiger partial charge in [0.25, 0.3) is 0 Å². The normalized spacial score (nSPS) is 12.2. The Hall–Kier alpha value is -2.67. The Morgan fingerprint density at radius 2 is 1.86 bits per heavy atom. The molecule has 1 aromatic carbocycles. The van der Waals surface area contributed by atoms with Crippen LogP contribution in [0.5, 0.6) is 0 Å². The van der Waals surface area contributed by atoms with Gasteiger partial charge in [-0.1, -0.05) is 51.1 Å². The SMILES string of the molecule is CN=C(NCc1ncc(C(C)(C)C)o1)NCc1sc(-c2ccccc2)nc1C. The van der Waals surface area contributed by atoms with Crippen molar-refractivity contribution >= 4 is 17.3 Å². The molecule has 0 amide bonds. The molecule has 148 valence electrons.